The van der Waals surface area contributed by atoms with Crippen molar-refractivity contribution in [1.29, 1.82) is 0 Å². The lowest BCUT2D eigenvalue weighted by Crippen LogP contribution is -2.29. The van der Waals surface area contributed by atoms with Crippen molar-refractivity contribution < 1.29 is 4.39 Å². The number of imidazole rings is 1. The summed E-state index contributed by atoms with van der Waals surface area (Å²) < 4.78 is 16.3. The minimum atomic E-state index is -0.487. The lowest BCUT2D eigenvalue weighted by atomic mass is 10.0. The summed E-state index contributed by atoms with van der Waals surface area (Å²) in [5.41, 5.74) is 0.794. The van der Waals surface area contributed by atoms with Crippen molar-refractivity contribution in [2.75, 3.05) is 11.4 Å². The molecule has 0 spiro atoms. The van der Waals surface area contributed by atoms with Gasteiger partial charge in [0.1, 0.15) is 5.82 Å². The van der Waals surface area contributed by atoms with E-state index in [1.807, 2.05) is 0 Å². The molecule has 0 unspecified atom stereocenters. The Morgan fingerprint density at radius 3 is 2.60 bits per heavy atom. The molecule has 0 amide bonds. The van der Waals surface area contributed by atoms with Crippen LogP contribution < -0.4 is 16.1 Å². The topological polar surface area (TPSA) is 75.9 Å². The monoisotopic (exact) mass is 343 g/mol. The number of H-pyrrole nitrogens is 1. The Morgan fingerprint density at radius 2 is 1.88 bits per heavy atom. The highest BCUT2D eigenvalue weighted by atomic mass is 19.1. The lowest BCUT2D eigenvalue weighted by Gasteiger charge is -2.26. The van der Waals surface area contributed by atoms with Gasteiger partial charge in [0.15, 0.2) is 11.2 Å². The Balaban J connectivity index is 1.86. The van der Waals surface area contributed by atoms with Crippen LogP contribution in [-0.2, 0) is 14.1 Å². The molecule has 4 rings (SSSR count). The summed E-state index contributed by atoms with van der Waals surface area (Å²) in [7, 11) is 3.35. The van der Waals surface area contributed by atoms with Crippen LogP contribution in [0.1, 0.15) is 24.4 Å². The Morgan fingerprint density at radius 1 is 1.16 bits per heavy atom. The van der Waals surface area contributed by atoms with E-state index in [9.17, 15) is 14.0 Å². The number of benzene rings is 1. The number of nitrogens with zero attached hydrogens (tertiary/aromatic N) is 4. The number of nitrogens with one attached hydrogen (secondary N) is 1. The third kappa shape index (κ3) is 2.36. The van der Waals surface area contributed by atoms with E-state index in [0.717, 1.165) is 24.9 Å². The number of halogens is 1. The van der Waals surface area contributed by atoms with Crippen molar-refractivity contribution in [2.45, 2.75) is 18.9 Å². The second kappa shape index (κ2) is 5.58. The number of anilines is 1. The molecule has 7 nitrogen and oxygen atoms in total. The molecule has 25 heavy (non-hydrogen) atoms. The average Bonchev–Trinajstić information content (AvgIpc) is 3.18. The van der Waals surface area contributed by atoms with Gasteiger partial charge in [-0.3, -0.25) is 14.3 Å². The highest BCUT2D eigenvalue weighted by Gasteiger charge is 2.30. The van der Waals surface area contributed by atoms with E-state index >= 15 is 0 Å². The summed E-state index contributed by atoms with van der Waals surface area (Å²) in [6.45, 7) is 0.783. The molecule has 0 bridgehead atoms. The molecule has 1 saturated heterocycles. The van der Waals surface area contributed by atoms with E-state index in [-0.39, 0.29) is 11.9 Å². The SMILES string of the molecule is Cn1c(N2CCC[C@@H]2c2ccc(F)cc2)nc2c1c(=O)[nH]c(=O)n2C. The summed E-state index contributed by atoms with van der Waals surface area (Å²) in [6, 6.07) is 6.53. The van der Waals surface area contributed by atoms with E-state index in [1.54, 1.807) is 30.8 Å². The molecule has 1 aliphatic heterocycles. The van der Waals surface area contributed by atoms with Crippen LogP contribution in [0.5, 0.6) is 0 Å². The van der Waals surface area contributed by atoms with Gasteiger partial charge in [-0.05, 0) is 30.5 Å². The van der Waals surface area contributed by atoms with Gasteiger partial charge in [0, 0.05) is 20.6 Å². The summed E-state index contributed by atoms with van der Waals surface area (Å²) in [5, 5.41) is 0. The Bertz CT molecular complexity index is 1060. The fraction of sp³-hybridized carbons (Fsp3) is 0.353. The molecule has 0 aliphatic carbocycles. The first-order valence-electron chi connectivity index (χ1n) is 8.15. The fourth-order valence-corrected chi connectivity index (χ4v) is 3.59. The Kier molecular flexibility index (Phi) is 3.48. The minimum absolute atomic E-state index is 0.0622. The summed E-state index contributed by atoms with van der Waals surface area (Å²) >= 11 is 0. The van der Waals surface area contributed by atoms with Crippen molar-refractivity contribution in [1.82, 2.24) is 19.1 Å². The maximum atomic E-state index is 13.2. The van der Waals surface area contributed by atoms with Gasteiger partial charge in [-0.2, -0.15) is 4.98 Å². The maximum absolute atomic E-state index is 13.2. The van der Waals surface area contributed by atoms with Crippen molar-refractivity contribution in [3.05, 3.63) is 56.5 Å². The summed E-state index contributed by atoms with van der Waals surface area (Å²) in [4.78, 5) is 33.0. The van der Waals surface area contributed by atoms with Crippen molar-refractivity contribution in [3.8, 4) is 0 Å². The molecule has 1 fully saturated rings. The number of hydrogen-bond acceptors (Lipinski definition) is 4. The van der Waals surface area contributed by atoms with Gasteiger partial charge in [-0.1, -0.05) is 12.1 Å². The first-order valence-corrected chi connectivity index (χ1v) is 8.15. The molecule has 1 aliphatic rings. The third-order valence-corrected chi connectivity index (χ3v) is 4.88. The van der Waals surface area contributed by atoms with Gasteiger partial charge in [0.25, 0.3) is 5.56 Å². The average molecular weight is 343 g/mol. The van der Waals surface area contributed by atoms with E-state index in [1.165, 1.54) is 16.7 Å². The first kappa shape index (κ1) is 15.6. The van der Waals surface area contributed by atoms with Crippen LogP contribution in [0.15, 0.2) is 33.9 Å². The highest BCUT2D eigenvalue weighted by molar-refractivity contribution is 5.74. The minimum Gasteiger partial charge on any atom is -0.335 e. The van der Waals surface area contributed by atoms with Gasteiger partial charge in [0.2, 0.25) is 5.95 Å². The van der Waals surface area contributed by atoms with Gasteiger partial charge in [-0.25, -0.2) is 9.18 Å². The molecule has 1 atom stereocenters. The molecular weight excluding hydrogens is 325 g/mol. The molecule has 8 heteroatoms. The van der Waals surface area contributed by atoms with Crippen LogP contribution in [0.25, 0.3) is 11.2 Å². The van der Waals surface area contributed by atoms with E-state index < -0.39 is 11.2 Å². The molecule has 1 aromatic carbocycles. The smallest absolute Gasteiger partial charge is 0.329 e. The van der Waals surface area contributed by atoms with Crippen molar-refractivity contribution in [2.24, 2.45) is 14.1 Å². The largest absolute Gasteiger partial charge is 0.335 e. The predicted octanol–water partition coefficient (Wildman–Crippen LogP) is 1.44. The Hall–Kier alpha value is -2.90. The molecule has 0 radical (unpaired) electrons. The molecule has 1 N–H and O–H groups in total. The second-order valence-corrected chi connectivity index (χ2v) is 6.36. The molecule has 2 aromatic heterocycles. The maximum Gasteiger partial charge on any atom is 0.329 e. The number of aryl methyl sites for hydroxylation is 2. The number of fused-ring (bicyclic) bond motifs is 1. The van der Waals surface area contributed by atoms with E-state index in [0.29, 0.717) is 17.1 Å². The van der Waals surface area contributed by atoms with Crippen LogP contribution in [0, 0.1) is 5.82 Å². The quantitative estimate of drug-likeness (QED) is 0.764. The number of hydrogen-bond donors (Lipinski definition) is 1. The summed E-state index contributed by atoms with van der Waals surface area (Å²) in [6.07, 6.45) is 1.89. The normalized spacial score (nSPS) is 17.6. The highest BCUT2D eigenvalue weighted by Crippen LogP contribution is 2.36. The van der Waals surface area contributed by atoms with Crippen LogP contribution in [-0.4, -0.2) is 25.6 Å². The van der Waals surface area contributed by atoms with Gasteiger partial charge in [-0.15, -0.1) is 0 Å². The molecule has 0 saturated carbocycles. The third-order valence-electron chi connectivity index (χ3n) is 4.88. The van der Waals surface area contributed by atoms with Crippen molar-refractivity contribution >= 4 is 17.1 Å². The number of aromatic nitrogens is 4. The van der Waals surface area contributed by atoms with Gasteiger partial charge >= 0.3 is 5.69 Å². The first-order chi connectivity index (χ1) is 12.0. The summed E-state index contributed by atoms with van der Waals surface area (Å²) in [5.74, 6) is 0.367. The fourth-order valence-electron chi connectivity index (χ4n) is 3.59. The number of rotatable bonds is 2. The molecule has 3 aromatic rings. The zero-order valence-corrected chi connectivity index (χ0v) is 14.0. The van der Waals surface area contributed by atoms with Gasteiger partial charge in [0.05, 0.1) is 6.04 Å². The standard InChI is InChI=1S/C17H18FN5O2/c1-21-13-14(22(2)17(25)20-15(13)24)19-16(21)23-9-3-4-12(23)10-5-7-11(18)8-6-10/h5-8,12H,3-4,9H2,1-2H3,(H,20,24,25)/t12-/m1/s1. The molecule has 3 heterocycles. The predicted molar refractivity (Wildman–Crippen MR) is 92.3 cm³/mol. The van der Waals surface area contributed by atoms with E-state index in [2.05, 4.69) is 14.9 Å². The lowest BCUT2D eigenvalue weighted by molar-refractivity contribution is 0.623. The van der Waals surface area contributed by atoms with Crippen LogP contribution in [0.3, 0.4) is 0 Å². The zero-order chi connectivity index (χ0) is 17.7. The van der Waals surface area contributed by atoms with Crippen LogP contribution >= 0.6 is 0 Å². The Labute approximate surface area is 142 Å². The van der Waals surface area contributed by atoms with Crippen LogP contribution in [0.2, 0.25) is 0 Å². The zero-order valence-electron chi connectivity index (χ0n) is 14.0. The van der Waals surface area contributed by atoms with Crippen LogP contribution in [0.4, 0.5) is 10.3 Å². The number of aromatic amines is 1. The van der Waals surface area contributed by atoms with Crippen molar-refractivity contribution in [3.63, 3.8) is 0 Å². The second-order valence-electron chi connectivity index (χ2n) is 6.36. The molecule has 130 valence electrons. The van der Waals surface area contributed by atoms with Gasteiger partial charge < -0.3 is 9.47 Å². The molecular formula is C17H18FN5O2. The van der Waals surface area contributed by atoms with E-state index in [4.69, 9.17) is 0 Å².